The van der Waals surface area contributed by atoms with Crippen LogP contribution in [0.25, 0.3) is 22.0 Å². The molecule has 0 aliphatic carbocycles. The Balaban J connectivity index is 2.34. The highest BCUT2D eigenvalue weighted by Gasteiger charge is 2.22. The largest absolute Gasteiger partial charge is 0.497 e. The van der Waals surface area contributed by atoms with Crippen LogP contribution in [0, 0.1) is 0 Å². The molecule has 0 aliphatic heterocycles. The Morgan fingerprint density at radius 1 is 1.00 bits per heavy atom. The Hall–Kier alpha value is -2.95. The van der Waals surface area contributed by atoms with Crippen LogP contribution in [0.5, 0.6) is 11.5 Å². The Kier molecular flexibility index (Phi) is 3.93. The van der Waals surface area contributed by atoms with Crippen molar-refractivity contribution in [3.05, 3.63) is 48.2 Å². The second-order valence-corrected chi connectivity index (χ2v) is 4.98. The molecule has 5 heteroatoms. The standard InChI is InChI=1S/C18H17NO4/c1-21-11-8-9-12-14(10-11)19-17(18(20)23-3)16(12)13-6-4-5-7-15(13)22-2/h4-10,19H,1-3H3. The Morgan fingerprint density at radius 3 is 2.48 bits per heavy atom. The van der Waals surface area contributed by atoms with Crippen molar-refractivity contribution in [2.45, 2.75) is 0 Å². The van der Waals surface area contributed by atoms with Crippen LogP contribution in [0.1, 0.15) is 10.5 Å². The van der Waals surface area contributed by atoms with Crippen LogP contribution in [-0.2, 0) is 4.74 Å². The number of carbonyl (C=O) groups is 1. The number of hydrogen-bond donors (Lipinski definition) is 1. The number of aromatic amines is 1. The molecule has 5 nitrogen and oxygen atoms in total. The lowest BCUT2D eigenvalue weighted by Crippen LogP contribution is -2.03. The fourth-order valence-electron chi connectivity index (χ4n) is 2.69. The van der Waals surface area contributed by atoms with Gasteiger partial charge in [-0.3, -0.25) is 0 Å². The lowest BCUT2D eigenvalue weighted by molar-refractivity contribution is 0.0596. The number of fused-ring (bicyclic) bond motifs is 1. The van der Waals surface area contributed by atoms with Crippen molar-refractivity contribution in [2.75, 3.05) is 21.3 Å². The number of nitrogens with one attached hydrogen (secondary N) is 1. The van der Waals surface area contributed by atoms with Crippen LogP contribution >= 0.6 is 0 Å². The molecule has 0 radical (unpaired) electrons. The molecule has 3 rings (SSSR count). The minimum atomic E-state index is -0.430. The molecule has 0 saturated carbocycles. The van der Waals surface area contributed by atoms with E-state index in [1.165, 1.54) is 7.11 Å². The molecule has 1 heterocycles. The third-order valence-electron chi connectivity index (χ3n) is 3.77. The van der Waals surface area contributed by atoms with Crippen molar-refractivity contribution in [3.8, 4) is 22.6 Å². The van der Waals surface area contributed by atoms with E-state index in [2.05, 4.69) is 4.98 Å². The molecule has 0 saturated heterocycles. The third-order valence-corrected chi connectivity index (χ3v) is 3.77. The van der Waals surface area contributed by atoms with E-state index in [0.717, 1.165) is 22.0 Å². The molecular weight excluding hydrogens is 294 g/mol. The molecule has 0 bridgehead atoms. The number of para-hydroxylation sites is 1. The van der Waals surface area contributed by atoms with E-state index in [9.17, 15) is 4.79 Å². The normalized spacial score (nSPS) is 10.6. The monoisotopic (exact) mass is 311 g/mol. The summed E-state index contributed by atoms with van der Waals surface area (Å²) in [6.45, 7) is 0. The Bertz CT molecular complexity index is 867. The molecule has 23 heavy (non-hydrogen) atoms. The van der Waals surface area contributed by atoms with E-state index in [0.29, 0.717) is 17.2 Å². The predicted molar refractivity (Wildman–Crippen MR) is 88.2 cm³/mol. The zero-order valence-electron chi connectivity index (χ0n) is 13.2. The summed E-state index contributed by atoms with van der Waals surface area (Å²) in [6.07, 6.45) is 0. The Labute approximate surface area is 133 Å². The number of H-pyrrole nitrogens is 1. The van der Waals surface area contributed by atoms with Gasteiger partial charge in [0, 0.05) is 22.6 Å². The van der Waals surface area contributed by atoms with Crippen molar-refractivity contribution in [1.82, 2.24) is 4.98 Å². The molecule has 3 aromatic rings. The zero-order valence-corrected chi connectivity index (χ0v) is 13.2. The number of benzene rings is 2. The van der Waals surface area contributed by atoms with Gasteiger partial charge < -0.3 is 19.2 Å². The second kappa shape index (κ2) is 6.04. The van der Waals surface area contributed by atoms with Gasteiger partial charge in [0.15, 0.2) is 0 Å². The minimum Gasteiger partial charge on any atom is -0.497 e. The summed E-state index contributed by atoms with van der Waals surface area (Å²) >= 11 is 0. The first kappa shape index (κ1) is 15.0. The first-order valence-corrected chi connectivity index (χ1v) is 7.11. The number of hydrogen-bond acceptors (Lipinski definition) is 4. The fourth-order valence-corrected chi connectivity index (χ4v) is 2.69. The van der Waals surface area contributed by atoms with Crippen LogP contribution in [0.3, 0.4) is 0 Å². The highest BCUT2D eigenvalue weighted by Crippen LogP contribution is 2.39. The van der Waals surface area contributed by atoms with E-state index < -0.39 is 5.97 Å². The van der Waals surface area contributed by atoms with Crippen LogP contribution in [0.2, 0.25) is 0 Å². The van der Waals surface area contributed by atoms with Crippen molar-refractivity contribution >= 4 is 16.9 Å². The zero-order chi connectivity index (χ0) is 16.4. The topological polar surface area (TPSA) is 60.6 Å². The average Bonchev–Trinajstić information content (AvgIpc) is 2.99. The summed E-state index contributed by atoms with van der Waals surface area (Å²) < 4.78 is 15.6. The van der Waals surface area contributed by atoms with Crippen LogP contribution in [0.15, 0.2) is 42.5 Å². The number of rotatable bonds is 4. The molecule has 1 aromatic heterocycles. The maximum atomic E-state index is 12.2. The van der Waals surface area contributed by atoms with Gasteiger partial charge in [0.2, 0.25) is 0 Å². The first-order chi connectivity index (χ1) is 11.2. The smallest absolute Gasteiger partial charge is 0.355 e. The summed E-state index contributed by atoms with van der Waals surface area (Å²) in [5.74, 6) is 0.970. The van der Waals surface area contributed by atoms with Gasteiger partial charge in [-0.05, 0) is 18.2 Å². The quantitative estimate of drug-likeness (QED) is 0.747. The van der Waals surface area contributed by atoms with E-state index >= 15 is 0 Å². The molecule has 0 fully saturated rings. The molecule has 0 unspecified atom stereocenters. The SMILES string of the molecule is COC(=O)c1[nH]c2cc(OC)ccc2c1-c1ccccc1OC. The van der Waals surface area contributed by atoms with Gasteiger partial charge in [-0.25, -0.2) is 4.79 Å². The summed E-state index contributed by atoms with van der Waals surface area (Å²) in [4.78, 5) is 15.3. The molecule has 0 atom stereocenters. The van der Waals surface area contributed by atoms with Crippen molar-refractivity contribution in [2.24, 2.45) is 0 Å². The van der Waals surface area contributed by atoms with E-state index in [1.54, 1.807) is 14.2 Å². The molecular formula is C18H17NO4. The van der Waals surface area contributed by atoms with Gasteiger partial charge in [-0.2, -0.15) is 0 Å². The lowest BCUT2D eigenvalue weighted by atomic mass is 10.0. The highest BCUT2D eigenvalue weighted by atomic mass is 16.5. The van der Waals surface area contributed by atoms with Gasteiger partial charge in [0.25, 0.3) is 0 Å². The molecule has 2 aromatic carbocycles. The maximum Gasteiger partial charge on any atom is 0.355 e. The van der Waals surface area contributed by atoms with Crippen molar-refractivity contribution in [3.63, 3.8) is 0 Å². The average molecular weight is 311 g/mol. The molecule has 118 valence electrons. The van der Waals surface area contributed by atoms with E-state index in [4.69, 9.17) is 14.2 Å². The third kappa shape index (κ3) is 2.50. The fraction of sp³-hybridized carbons (Fsp3) is 0.167. The van der Waals surface area contributed by atoms with Crippen molar-refractivity contribution in [1.29, 1.82) is 0 Å². The van der Waals surface area contributed by atoms with Crippen LogP contribution < -0.4 is 9.47 Å². The summed E-state index contributed by atoms with van der Waals surface area (Å²) in [5, 5.41) is 0.899. The first-order valence-electron chi connectivity index (χ1n) is 7.11. The molecule has 0 spiro atoms. The Morgan fingerprint density at radius 2 is 1.78 bits per heavy atom. The summed E-state index contributed by atoms with van der Waals surface area (Å²) in [6, 6.07) is 13.2. The van der Waals surface area contributed by atoms with Gasteiger partial charge in [0.1, 0.15) is 17.2 Å². The molecule has 1 N–H and O–H groups in total. The maximum absolute atomic E-state index is 12.2. The number of esters is 1. The molecule has 0 aliphatic rings. The highest BCUT2D eigenvalue weighted by molar-refractivity contribution is 6.09. The van der Waals surface area contributed by atoms with Gasteiger partial charge >= 0.3 is 5.97 Å². The lowest BCUT2D eigenvalue weighted by Gasteiger charge is -2.09. The van der Waals surface area contributed by atoms with Crippen molar-refractivity contribution < 1.29 is 19.0 Å². The van der Waals surface area contributed by atoms with E-state index in [-0.39, 0.29) is 0 Å². The molecule has 0 amide bonds. The minimum absolute atomic E-state index is 0.389. The number of carbonyl (C=O) groups excluding carboxylic acids is 1. The summed E-state index contributed by atoms with van der Waals surface area (Å²) in [5.41, 5.74) is 2.77. The van der Waals surface area contributed by atoms with Crippen LogP contribution in [0.4, 0.5) is 0 Å². The number of methoxy groups -OCH3 is 3. The summed E-state index contributed by atoms with van der Waals surface area (Å²) in [7, 11) is 4.57. The second-order valence-electron chi connectivity index (χ2n) is 4.98. The van der Waals surface area contributed by atoms with Gasteiger partial charge in [-0.15, -0.1) is 0 Å². The predicted octanol–water partition coefficient (Wildman–Crippen LogP) is 3.64. The van der Waals surface area contributed by atoms with Gasteiger partial charge in [0.05, 0.1) is 26.8 Å². The number of aromatic nitrogens is 1. The number of ether oxygens (including phenoxy) is 3. The van der Waals surface area contributed by atoms with Gasteiger partial charge in [-0.1, -0.05) is 18.2 Å². The van der Waals surface area contributed by atoms with Crippen LogP contribution in [-0.4, -0.2) is 32.3 Å². The van der Waals surface area contributed by atoms with E-state index in [1.807, 2.05) is 42.5 Å².